The van der Waals surface area contributed by atoms with Crippen LogP contribution in [-0.4, -0.2) is 38.4 Å². The van der Waals surface area contributed by atoms with Crippen molar-refractivity contribution in [2.24, 2.45) is 0 Å². The van der Waals surface area contributed by atoms with E-state index in [1.54, 1.807) is 24.3 Å². The van der Waals surface area contributed by atoms with Gasteiger partial charge in [0.25, 0.3) is 0 Å². The molecule has 0 fully saturated rings. The number of hydrogen-bond acceptors (Lipinski definition) is 8. The van der Waals surface area contributed by atoms with Crippen LogP contribution in [0.3, 0.4) is 0 Å². The zero-order chi connectivity index (χ0) is 19.3. The largest absolute Gasteiger partial charge is 0.475 e. The molecule has 0 aliphatic rings. The lowest BCUT2D eigenvalue weighted by molar-refractivity contribution is -0.139. The molecule has 0 bridgehead atoms. The third-order valence-electron chi connectivity index (χ3n) is 2.72. The smallest absolute Gasteiger partial charge is 0.460 e. The van der Waals surface area contributed by atoms with Crippen LogP contribution in [0.1, 0.15) is 5.56 Å². The average molecular weight is 384 g/mol. The second-order valence-electron chi connectivity index (χ2n) is 4.62. The first-order valence-electron chi connectivity index (χ1n) is 7.65. The highest BCUT2D eigenvalue weighted by Crippen LogP contribution is 2.50. The molecule has 9 heteroatoms. The summed E-state index contributed by atoms with van der Waals surface area (Å²) >= 11 is 0. The van der Waals surface area contributed by atoms with Crippen molar-refractivity contribution in [1.82, 2.24) is 0 Å². The van der Waals surface area contributed by atoms with Crippen LogP contribution in [0, 0.1) is 0 Å². The molecule has 0 radical (unpaired) electrons. The monoisotopic (exact) mass is 384 g/mol. The SMILES string of the molecule is C=CC(=O)OCCOP(=O)(OCCOC(=O)C=C)OCc1ccccc1. The Labute approximate surface area is 152 Å². The minimum atomic E-state index is -3.96. The van der Waals surface area contributed by atoms with Gasteiger partial charge in [0.15, 0.2) is 0 Å². The quantitative estimate of drug-likeness (QED) is 0.222. The summed E-state index contributed by atoms with van der Waals surface area (Å²) in [6, 6.07) is 8.99. The number of carbonyl (C=O) groups is 2. The summed E-state index contributed by atoms with van der Waals surface area (Å²) in [6.45, 7) is 5.76. The van der Waals surface area contributed by atoms with Gasteiger partial charge in [-0.2, -0.15) is 0 Å². The predicted molar refractivity (Wildman–Crippen MR) is 93.1 cm³/mol. The van der Waals surface area contributed by atoms with Crippen LogP contribution in [0.25, 0.3) is 0 Å². The summed E-state index contributed by atoms with van der Waals surface area (Å²) < 4.78 is 37.6. The van der Waals surface area contributed by atoms with E-state index < -0.39 is 19.8 Å². The molecule has 1 aromatic rings. The van der Waals surface area contributed by atoms with Crippen LogP contribution in [0.5, 0.6) is 0 Å². The zero-order valence-corrected chi connectivity index (χ0v) is 15.1. The van der Waals surface area contributed by atoms with Crippen LogP contribution in [0.2, 0.25) is 0 Å². The number of hydrogen-bond donors (Lipinski definition) is 0. The molecule has 1 aromatic carbocycles. The minimum Gasteiger partial charge on any atom is -0.460 e. The van der Waals surface area contributed by atoms with Gasteiger partial charge in [-0.3, -0.25) is 13.6 Å². The number of carbonyl (C=O) groups excluding carboxylic acids is 2. The van der Waals surface area contributed by atoms with E-state index in [0.29, 0.717) is 0 Å². The fourth-order valence-corrected chi connectivity index (χ4v) is 2.67. The van der Waals surface area contributed by atoms with Crippen LogP contribution >= 0.6 is 7.82 Å². The number of phosphoric ester groups is 1. The maximum atomic E-state index is 12.6. The summed E-state index contributed by atoms with van der Waals surface area (Å²) in [5.74, 6) is -1.27. The van der Waals surface area contributed by atoms with Crippen molar-refractivity contribution in [3.05, 3.63) is 61.2 Å². The topological polar surface area (TPSA) is 97.4 Å². The Morgan fingerprint density at radius 1 is 0.846 bits per heavy atom. The molecule has 0 saturated carbocycles. The lowest BCUT2D eigenvalue weighted by atomic mass is 10.2. The molecule has 0 N–H and O–H groups in total. The molecule has 0 aliphatic carbocycles. The van der Waals surface area contributed by atoms with Gasteiger partial charge in [0.05, 0.1) is 19.8 Å². The molecule has 142 valence electrons. The summed E-state index contributed by atoms with van der Waals surface area (Å²) in [4.78, 5) is 21.9. The number of benzene rings is 1. The van der Waals surface area contributed by atoms with E-state index in [0.717, 1.165) is 17.7 Å². The van der Waals surface area contributed by atoms with Gasteiger partial charge in [-0.15, -0.1) is 0 Å². The van der Waals surface area contributed by atoms with Gasteiger partial charge < -0.3 is 9.47 Å². The van der Waals surface area contributed by atoms with Crippen LogP contribution in [-0.2, 0) is 43.8 Å². The molecule has 0 amide bonds. The molecule has 0 spiro atoms. The van der Waals surface area contributed by atoms with E-state index >= 15 is 0 Å². The van der Waals surface area contributed by atoms with Gasteiger partial charge in [0.2, 0.25) is 0 Å². The van der Waals surface area contributed by atoms with Crippen molar-refractivity contribution in [3.63, 3.8) is 0 Å². The van der Waals surface area contributed by atoms with Crippen molar-refractivity contribution >= 4 is 19.8 Å². The molecule has 0 heterocycles. The van der Waals surface area contributed by atoms with Crippen LogP contribution in [0.4, 0.5) is 0 Å². The molecule has 0 saturated heterocycles. The Bertz CT molecular complexity index is 611. The lowest BCUT2D eigenvalue weighted by Gasteiger charge is -2.18. The summed E-state index contributed by atoms with van der Waals surface area (Å²) in [5.41, 5.74) is 0.760. The number of rotatable bonds is 13. The lowest BCUT2D eigenvalue weighted by Crippen LogP contribution is -2.12. The molecular weight excluding hydrogens is 363 g/mol. The van der Waals surface area contributed by atoms with Crippen molar-refractivity contribution in [2.45, 2.75) is 6.61 Å². The van der Waals surface area contributed by atoms with E-state index in [2.05, 4.69) is 13.2 Å². The Balaban J connectivity index is 2.52. The minimum absolute atomic E-state index is 0.0169. The predicted octanol–water partition coefficient (Wildman–Crippen LogP) is 2.80. The van der Waals surface area contributed by atoms with E-state index in [9.17, 15) is 14.2 Å². The van der Waals surface area contributed by atoms with Crippen molar-refractivity contribution in [2.75, 3.05) is 26.4 Å². The summed E-state index contributed by atoms with van der Waals surface area (Å²) in [7, 11) is -3.96. The second kappa shape index (κ2) is 12.2. The second-order valence-corrected chi connectivity index (χ2v) is 6.28. The molecule has 1 rings (SSSR count). The van der Waals surface area contributed by atoms with Gasteiger partial charge in [-0.25, -0.2) is 14.2 Å². The highest BCUT2D eigenvalue weighted by Gasteiger charge is 2.27. The molecular formula is C17H21O8P. The van der Waals surface area contributed by atoms with Crippen molar-refractivity contribution in [3.8, 4) is 0 Å². The molecule has 0 aliphatic heterocycles. The molecule has 0 aromatic heterocycles. The van der Waals surface area contributed by atoms with Crippen LogP contribution in [0.15, 0.2) is 55.6 Å². The van der Waals surface area contributed by atoms with Crippen molar-refractivity contribution < 1.29 is 37.2 Å². The fourth-order valence-electron chi connectivity index (χ4n) is 1.54. The molecule has 26 heavy (non-hydrogen) atoms. The normalized spacial score (nSPS) is 10.8. The maximum absolute atomic E-state index is 12.6. The van der Waals surface area contributed by atoms with E-state index in [-0.39, 0.29) is 33.0 Å². The highest BCUT2D eigenvalue weighted by molar-refractivity contribution is 7.48. The third kappa shape index (κ3) is 9.29. The Hall–Kier alpha value is -2.25. The first-order chi connectivity index (χ1) is 12.5. The van der Waals surface area contributed by atoms with Gasteiger partial charge in [0, 0.05) is 12.2 Å². The van der Waals surface area contributed by atoms with Gasteiger partial charge >= 0.3 is 19.8 Å². The van der Waals surface area contributed by atoms with Crippen LogP contribution < -0.4 is 0 Å². The van der Waals surface area contributed by atoms with Gasteiger partial charge in [0.1, 0.15) is 13.2 Å². The Morgan fingerprint density at radius 3 is 1.81 bits per heavy atom. The van der Waals surface area contributed by atoms with E-state index in [1.165, 1.54) is 0 Å². The average Bonchev–Trinajstić information content (AvgIpc) is 2.67. The summed E-state index contributed by atoms with van der Waals surface area (Å²) in [6.07, 6.45) is 1.99. The fraction of sp³-hybridized carbons (Fsp3) is 0.294. The highest BCUT2D eigenvalue weighted by atomic mass is 31.2. The maximum Gasteiger partial charge on any atom is 0.475 e. The number of ether oxygens (including phenoxy) is 2. The van der Waals surface area contributed by atoms with Gasteiger partial charge in [-0.05, 0) is 5.56 Å². The standard InChI is InChI=1S/C17H21O8P/c1-3-16(18)21-10-12-23-26(20,24-13-11-22-17(19)4-2)25-14-15-8-6-5-7-9-15/h3-9H,1-2,10-14H2. The molecule has 0 atom stereocenters. The van der Waals surface area contributed by atoms with E-state index in [1.807, 2.05) is 6.07 Å². The molecule has 8 nitrogen and oxygen atoms in total. The van der Waals surface area contributed by atoms with E-state index in [4.69, 9.17) is 23.0 Å². The number of esters is 2. The zero-order valence-electron chi connectivity index (χ0n) is 14.2. The number of phosphoric acid groups is 1. The summed E-state index contributed by atoms with van der Waals surface area (Å²) in [5, 5.41) is 0. The van der Waals surface area contributed by atoms with Gasteiger partial charge in [-0.1, -0.05) is 43.5 Å². The third-order valence-corrected chi connectivity index (χ3v) is 4.16. The molecule has 0 unspecified atom stereocenters. The van der Waals surface area contributed by atoms with Crippen molar-refractivity contribution in [1.29, 1.82) is 0 Å². The first kappa shape index (κ1) is 21.8. The first-order valence-corrected chi connectivity index (χ1v) is 9.11. The Kier molecular flexibility index (Phi) is 10.2. The Morgan fingerprint density at radius 2 is 1.35 bits per heavy atom.